The van der Waals surface area contributed by atoms with Gasteiger partial charge in [-0.05, 0) is 41.5 Å². The molecule has 7 heteroatoms. The Morgan fingerprint density at radius 3 is 0.619 bits per heavy atom. The molecule has 0 aromatic heterocycles. The van der Waals surface area contributed by atoms with Gasteiger partial charge in [0.2, 0.25) is 0 Å². The van der Waals surface area contributed by atoms with Crippen LogP contribution in [0.1, 0.15) is 41.5 Å². The summed E-state index contributed by atoms with van der Waals surface area (Å²) in [4.78, 5) is 32.0. The van der Waals surface area contributed by atoms with Crippen LogP contribution in [-0.4, -0.2) is 27.2 Å². The molecule has 0 N–H and O–H groups in total. The molecule has 0 radical (unpaired) electrons. The number of rotatable bonds is 0. The van der Waals surface area contributed by atoms with Gasteiger partial charge in [-0.25, -0.2) is 0 Å². The maximum Gasteiger partial charge on any atom is 0.106 e. The molecule has 0 heterocycles. The van der Waals surface area contributed by atoms with E-state index in [-0.39, 0.29) is 31.9 Å². The fourth-order valence-corrected chi connectivity index (χ4v) is 0. The van der Waals surface area contributed by atoms with E-state index in [1.807, 2.05) is 68.7 Å². The minimum absolute atomic E-state index is 0. The zero-order valence-electron chi connectivity index (χ0n) is 13.8. The first kappa shape index (κ1) is 42.7. The summed E-state index contributed by atoms with van der Waals surface area (Å²) in [5.41, 5.74) is -0.306. The Labute approximate surface area is 142 Å². The van der Waals surface area contributed by atoms with Crippen molar-refractivity contribution in [2.75, 3.05) is 0 Å². The maximum absolute atomic E-state index is 8.15. The van der Waals surface area contributed by atoms with Gasteiger partial charge in [-0.15, -0.1) is 0 Å². The van der Waals surface area contributed by atoms with Crippen molar-refractivity contribution in [3.63, 3.8) is 0 Å². The molecule has 0 aromatic carbocycles. The van der Waals surface area contributed by atoms with E-state index in [1.165, 1.54) is 0 Å². The molecule has 0 atom stereocenters. The smallest absolute Gasteiger partial charge is 0.106 e. The molecule has 0 aromatic rings. The molecule has 0 spiro atoms. The van der Waals surface area contributed by atoms with Crippen molar-refractivity contribution in [3.8, 4) is 12.1 Å². The summed E-state index contributed by atoms with van der Waals surface area (Å²) in [6.45, 7) is 19.3. The Morgan fingerprint density at radius 1 is 0.571 bits per heavy atom. The molecular formula is C14H26N2O4W. The zero-order chi connectivity index (χ0) is 18.4. The summed E-state index contributed by atoms with van der Waals surface area (Å²) in [5.74, 6) is 0. The van der Waals surface area contributed by atoms with Crippen LogP contribution in [0.3, 0.4) is 0 Å². The summed E-state index contributed by atoms with van der Waals surface area (Å²) in [6.07, 6.45) is 0. The molecule has 0 aliphatic rings. The quantitative estimate of drug-likeness (QED) is 0.537. The molecule has 0 aliphatic carbocycles. The molecule has 6 nitrogen and oxygen atoms in total. The predicted molar refractivity (Wildman–Crippen MR) is 78.6 cm³/mol. The van der Waals surface area contributed by atoms with Gasteiger partial charge in [0, 0.05) is 31.9 Å². The van der Waals surface area contributed by atoms with Crippen LogP contribution >= 0.6 is 0 Å². The van der Waals surface area contributed by atoms with Gasteiger partial charge in [-0.1, -0.05) is 0 Å². The minimum atomic E-state index is -0.153. The number of hydrogen-bond donors (Lipinski definition) is 0. The largest absolute Gasteiger partial charge is 0.307 e. The van der Waals surface area contributed by atoms with Crippen LogP contribution in [0.15, 0.2) is 0 Å². The second-order valence-corrected chi connectivity index (χ2v) is 4.72. The summed E-state index contributed by atoms with van der Waals surface area (Å²) >= 11 is 0. The summed E-state index contributed by atoms with van der Waals surface area (Å²) in [6, 6.07) is 4.21. The first-order valence-electron chi connectivity index (χ1n) is 5.10. The van der Waals surface area contributed by atoms with E-state index in [9.17, 15) is 0 Å². The van der Waals surface area contributed by atoms with Gasteiger partial charge in [0.1, 0.15) is 27.2 Å². The maximum atomic E-state index is 8.15. The molecule has 21 heavy (non-hydrogen) atoms. The van der Waals surface area contributed by atoms with Gasteiger partial charge < -0.3 is 19.2 Å². The van der Waals surface area contributed by atoms with Crippen molar-refractivity contribution in [2.24, 2.45) is 10.8 Å². The fraction of sp³-hybridized carbons (Fsp3) is 0.571. The van der Waals surface area contributed by atoms with E-state index >= 15 is 0 Å². The van der Waals surface area contributed by atoms with Crippen LogP contribution < -0.4 is 0 Å². The number of carbonyl (C=O) groups is 4. The van der Waals surface area contributed by atoms with Crippen molar-refractivity contribution >= 4 is 27.2 Å². The summed E-state index contributed by atoms with van der Waals surface area (Å²) in [7, 11) is 0. The number of nitriles is 2. The fourth-order valence-electron chi connectivity index (χ4n) is 0. The molecule has 0 saturated carbocycles. The van der Waals surface area contributed by atoms with Crippen molar-refractivity contribution in [1.82, 2.24) is 0 Å². The molecule has 0 aliphatic heterocycles. The van der Waals surface area contributed by atoms with Crippen LogP contribution in [0.5, 0.6) is 0 Å². The average molecular weight is 470 g/mol. The van der Waals surface area contributed by atoms with Gasteiger partial charge in [0.25, 0.3) is 0 Å². The Kier molecular flexibility index (Phi) is 73.7. The number of hydrogen-bond acceptors (Lipinski definition) is 6. The van der Waals surface area contributed by atoms with Gasteiger partial charge >= 0.3 is 0 Å². The van der Waals surface area contributed by atoms with E-state index in [4.69, 9.17) is 29.7 Å². The van der Waals surface area contributed by atoms with Crippen molar-refractivity contribution in [2.45, 2.75) is 41.5 Å². The molecule has 0 bridgehead atoms. The van der Waals surface area contributed by atoms with Gasteiger partial charge in [-0.2, -0.15) is 10.5 Å². The first-order valence-corrected chi connectivity index (χ1v) is 5.10. The predicted octanol–water partition coefficient (Wildman–Crippen LogP) is 2.37. The van der Waals surface area contributed by atoms with Crippen LogP contribution in [-0.2, 0) is 40.2 Å². The summed E-state index contributed by atoms with van der Waals surface area (Å²) in [5, 5.41) is 16.3. The van der Waals surface area contributed by atoms with Crippen molar-refractivity contribution in [3.05, 3.63) is 0 Å². The van der Waals surface area contributed by atoms with E-state index < -0.39 is 0 Å². The Bertz CT molecular complexity index is 228. The SMILES string of the molecule is C=O.C=O.C=O.C=O.CC(C)(C)C#N.CC(C)(C)C#N.[W]. The van der Waals surface area contributed by atoms with Gasteiger partial charge in [0.05, 0.1) is 12.1 Å². The number of nitrogens with zero attached hydrogens (tertiary/aromatic N) is 2. The zero-order valence-corrected chi connectivity index (χ0v) is 16.7. The third-order valence-electron chi connectivity index (χ3n) is 0.671. The topological polar surface area (TPSA) is 116 Å². The third-order valence-corrected chi connectivity index (χ3v) is 0.671. The molecule has 0 amide bonds. The molecule has 0 saturated heterocycles. The Hall–Kier alpha value is -1.65. The van der Waals surface area contributed by atoms with E-state index in [0.29, 0.717) is 0 Å². The van der Waals surface area contributed by atoms with E-state index in [0.717, 1.165) is 0 Å². The normalized spacial score (nSPS) is 6.67. The summed E-state index contributed by atoms with van der Waals surface area (Å²) < 4.78 is 0. The second-order valence-electron chi connectivity index (χ2n) is 4.72. The van der Waals surface area contributed by atoms with Gasteiger partial charge in [-0.3, -0.25) is 0 Å². The third kappa shape index (κ3) is 259. The van der Waals surface area contributed by atoms with Crippen molar-refractivity contribution < 1.29 is 40.2 Å². The van der Waals surface area contributed by atoms with Crippen LogP contribution in [0, 0.1) is 33.5 Å². The van der Waals surface area contributed by atoms with Crippen LogP contribution in [0.4, 0.5) is 0 Å². The Balaban J connectivity index is -0.0000000246. The van der Waals surface area contributed by atoms with E-state index in [2.05, 4.69) is 12.1 Å². The minimum Gasteiger partial charge on any atom is -0.307 e. The second kappa shape index (κ2) is 36.2. The first-order chi connectivity index (χ1) is 9.12. The molecule has 122 valence electrons. The molecule has 0 fully saturated rings. The van der Waals surface area contributed by atoms with Crippen molar-refractivity contribution in [1.29, 1.82) is 10.5 Å². The van der Waals surface area contributed by atoms with Crippen LogP contribution in [0.25, 0.3) is 0 Å². The van der Waals surface area contributed by atoms with Gasteiger partial charge in [0.15, 0.2) is 0 Å². The molecule has 0 rings (SSSR count). The van der Waals surface area contributed by atoms with E-state index in [1.54, 1.807) is 0 Å². The van der Waals surface area contributed by atoms with Crippen LogP contribution in [0.2, 0.25) is 0 Å². The molecule has 0 unspecified atom stereocenters. The standard InChI is InChI=1S/2C5H9N.4CH2O.W/c2*1-5(2,3)4-6;4*1-2;/h2*1-3H3;4*1H2;. The average Bonchev–Trinajstić information content (AvgIpc) is 2.46. The monoisotopic (exact) mass is 470 g/mol. The molecular weight excluding hydrogens is 444 g/mol. The Morgan fingerprint density at radius 2 is 0.619 bits per heavy atom. The number of carbonyl (C=O) groups excluding carboxylic acids is 4.